The van der Waals surface area contributed by atoms with Crippen LogP contribution in [0.15, 0.2) is 24.3 Å². The number of piperazine rings is 1. The predicted octanol–water partition coefficient (Wildman–Crippen LogP) is 1.86. The summed E-state index contributed by atoms with van der Waals surface area (Å²) in [6, 6.07) is 5.42. The fourth-order valence-corrected chi connectivity index (χ4v) is 2.33. The molecule has 1 aliphatic rings. The van der Waals surface area contributed by atoms with Gasteiger partial charge in [0, 0.05) is 31.7 Å². The highest BCUT2D eigenvalue weighted by Gasteiger charge is 2.26. The number of carbonyl (C=O) groups excluding carboxylic acids is 2. The first-order valence-corrected chi connectivity index (χ1v) is 7.98. The lowest BCUT2D eigenvalue weighted by molar-refractivity contribution is -0.134. The lowest BCUT2D eigenvalue weighted by Gasteiger charge is -2.36. The van der Waals surface area contributed by atoms with E-state index in [1.807, 2.05) is 20.8 Å². The Morgan fingerprint density at radius 3 is 2.17 bits per heavy atom. The maximum absolute atomic E-state index is 12.8. The Balaban J connectivity index is 1.76. The summed E-state index contributed by atoms with van der Waals surface area (Å²) in [5.74, 6) is -0.0403. The van der Waals surface area contributed by atoms with Crippen LogP contribution in [0.5, 0.6) is 5.75 Å². The molecule has 1 aromatic rings. The minimum absolute atomic E-state index is 0.0974. The molecular weight excluding hydrogens is 313 g/mol. The van der Waals surface area contributed by atoms with E-state index in [-0.39, 0.29) is 29.9 Å². The van der Waals surface area contributed by atoms with Crippen molar-refractivity contribution in [2.24, 2.45) is 0 Å². The number of benzene rings is 1. The Bertz CT molecular complexity index is 576. The van der Waals surface area contributed by atoms with Crippen LogP contribution < -0.4 is 10.1 Å². The fraction of sp³-hybridized carbons (Fsp3) is 0.529. The third kappa shape index (κ3) is 5.40. The minimum atomic E-state index is -0.349. The summed E-state index contributed by atoms with van der Waals surface area (Å²) in [7, 11) is 0. The van der Waals surface area contributed by atoms with E-state index in [0.29, 0.717) is 31.9 Å². The predicted molar refractivity (Wildman–Crippen MR) is 88.3 cm³/mol. The van der Waals surface area contributed by atoms with Gasteiger partial charge in [0.2, 0.25) is 0 Å². The molecule has 0 atom stereocenters. The number of rotatable bonds is 3. The van der Waals surface area contributed by atoms with E-state index in [0.717, 1.165) is 0 Å². The minimum Gasteiger partial charge on any atom is -0.484 e. The van der Waals surface area contributed by atoms with E-state index < -0.39 is 0 Å². The van der Waals surface area contributed by atoms with E-state index in [2.05, 4.69) is 5.32 Å². The van der Waals surface area contributed by atoms with E-state index in [1.54, 1.807) is 9.80 Å². The number of ether oxygens (including phenoxy) is 1. The maximum Gasteiger partial charge on any atom is 0.317 e. The van der Waals surface area contributed by atoms with Crippen molar-refractivity contribution in [1.82, 2.24) is 15.1 Å². The van der Waals surface area contributed by atoms with Gasteiger partial charge in [0.25, 0.3) is 5.91 Å². The van der Waals surface area contributed by atoms with Crippen molar-refractivity contribution in [2.45, 2.75) is 26.3 Å². The second kappa shape index (κ2) is 7.51. The molecule has 1 aliphatic heterocycles. The van der Waals surface area contributed by atoms with Gasteiger partial charge in [-0.05, 0) is 45.0 Å². The number of nitrogens with zero attached hydrogens (tertiary/aromatic N) is 2. The number of hydrogen-bond acceptors (Lipinski definition) is 3. The van der Waals surface area contributed by atoms with Gasteiger partial charge >= 0.3 is 6.03 Å². The number of urea groups is 1. The zero-order chi connectivity index (χ0) is 17.7. The molecule has 0 bridgehead atoms. The van der Waals surface area contributed by atoms with Gasteiger partial charge in [-0.1, -0.05) is 0 Å². The van der Waals surface area contributed by atoms with Crippen molar-refractivity contribution >= 4 is 11.9 Å². The average molecular weight is 337 g/mol. The lowest BCUT2D eigenvalue weighted by Crippen LogP contribution is -2.56. The molecule has 6 nitrogen and oxygen atoms in total. The van der Waals surface area contributed by atoms with Gasteiger partial charge in [-0.25, -0.2) is 9.18 Å². The Labute approximate surface area is 141 Å². The number of carbonyl (C=O) groups is 2. The van der Waals surface area contributed by atoms with Crippen molar-refractivity contribution in [1.29, 1.82) is 0 Å². The summed E-state index contributed by atoms with van der Waals surface area (Å²) in [6.45, 7) is 7.62. The van der Waals surface area contributed by atoms with Crippen LogP contribution in [-0.2, 0) is 4.79 Å². The van der Waals surface area contributed by atoms with Crippen molar-refractivity contribution < 1.29 is 18.7 Å². The molecule has 132 valence electrons. The molecule has 7 heteroatoms. The quantitative estimate of drug-likeness (QED) is 0.916. The summed E-state index contributed by atoms with van der Waals surface area (Å²) < 4.78 is 18.2. The molecule has 1 heterocycles. The zero-order valence-corrected chi connectivity index (χ0v) is 14.3. The van der Waals surface area contributed by atoms with Crippen molar-refractivity contribution in [3.63, 3.8) is 0 Å². The number of nitrogens with one attached hydrogen (secondary N) is 1. The highest BCUT2D eigenvalue weighted by molar-refractivity contribution is 5.79. The molecule has 0 radical (unpaired) electrons. The molecule has 0 saturated carbocycles. The van der Waals surface area contributed by atoms with E-state index >= 15 is 0 Å². The number of halogens is 1. The molecule has 0 aromatic heterocycles. The molecule has 1 aromatic carbocycles. The SMILES string of the molecule is CC(C)(C)NC(=O)N1CCN(C(=O)COc2ccc(F)cc2)CC1. The molecule has 3 amide bonds. The van der Waals surface area contributed by atoms with Gasteiger partial charge < -0.3 is 19.9 Å². The molecular formula is C17H24FN3O3. The fourth-order valence-electron chi connectivity index (χ4n) is 2.33. The number of amides is 3. The van der Waals surface area contributed by atoms with Crippen molar-refractivity contribution in [2.75, 3.05) is 32.8 Å². The Morgan fingerprint density at radius 1 is 1.08 bits per heavy atom. The van der Waals surface area contributed by atoms with Gasteiger partial charge in [0.15, 0.2) is 6.61 Å². The summed E-state index contributed by atoms with van der Waals surface area (Å²) >= 11 is 0. The lowest BCUT2D eigenvalue weighted by atomic mass is 10.1. The monoisotopic (exact) mass is 337 g/mol. The van der Waals surface area contributed by atoms with Crippen LogP contribution in [0, 0.1) is 5.82 Å². The van der Waals surface area contributed by atoms with Gasteiger partial charge in [0.05, 0.1) is 0 Å². The van der Waals surface area contributed by atoms with Crippen LogP contribution >= 0.6 is 0 Å². The van der Waals surface area contributed by atoms with Crippen molar-refractivity contribution in [3.05, 3.63) is 30.1 Å². The average Bonchev–Trinajstić information content (AvgIpc) is 2.52. The summed E-state index contributed by atoms with van der Waals surface area (Å²) in [5, 5.41) is 2.91. The third-order valence-corrected chi connectivity index (χ3v) is 3.58. The summed E-state index contributed by atoms with van der Waals surface area (Å²) in [6.07, 6.45) is 0. The highest BCUT2D eigenvalue weighted by Crippen LogP contribution is 2.12. The van der Waals surface area contributed by atoms with Gasteiger partial charge in [-0.15, -0.1) is 0 Å². The van der Waals surface area contributed by atoms with Gasteiger partial charge in [0.1, 0.15) is 11.6 Å². The Kier molecular flexibility index (Phi) is 5.64. The molecule has 1 N–H and O–H groups in total. The van der Waals surface area contributed by atoms with Crippen LogP contribution in [0.4, 0.5) is 9.18 Å². The maximum atomic E-state index is 12.8. The summed E-state index contributed by atoms with van der Waals surface area (Å²) in [4.78, 5) is 27.6. The Morgan fingerprint density at radius 2 is 1.62 bits per heavy atom. The topological polar surface area (TPSA) is 61.9 Å². The third-order valence-electron chi connectivity index (χ3n) is 3.58. The second-order valence-corrected chi connectivity index (χ2v) is 6.79. The van der Waals surface area contributed by atoms with E-state index in [4.69, 9.17) is 4.74 Å². The Hall–Kier alpha value is -2.31. The molecule has 24 heavy (non-hydrogen) atoms. The van der Waals surface area contributed by atoms with Gasteiger partial charge in [-0.3, -0.25) is 4.79 Å². The number of hydrogen-bond donors (Lipinski definition) is 1. The summed E-state index contributed by atoms with van der Waals surface area (Å²) in [5.41, 5.74) is -0.285. The first kappa shape index (κ1) is 18.0. The highest BCUT2D eigenvalue weighted by atomic mass is 19.1. The molecule has 1 saturated heterocycles. The molecule has 0 unspecified atom stereocenters. The first-order valence-electron chi connectivity index (χ1n) is 7.98. The smallest absolute Gasteiger partial charge is 0.317 e. The van der Waals surface area contributed by atoms with Gasteiger partial charge in [-0.2, -0.15) is 0 Å². The zero-order valence-electron chi connectivity index (χ0n) is 14.3. The van der Waals surface area contributed by atoms with Crippen LogP contribution in [0.25, 0.3) is 0 Å². The van der Waals surface area contributed by atoms with Crippen LogP contribution in [0.1, 0.15) is 20.8 Å². The molecule has 0 spiro atoms. The molecule has 1 fully saturated rings. The van der Waals surface area contributed by atoms with E-state index in [9.17, 15) is 14.0 Å². The van der Waals surface area contributed by atoms with Crippen LogP contribution in [0.2, 0.25) is 0 Å². The van der Waals surface area contributed by atoms with Crippen LogP contribution in [0.3, 0.4) is 0 Å². The normalized spacial score (nSPS) is 15.2. The molecule has 2 rings (SSSR count). The molecule has 0 aliphatic carbocycles. The first-order chi connectivity index (χ1) is 11.2. The largest absolute Gasteiger partial charge is 0.484 e. The standard InChI is InChI=1S/C17H24FN3O3/c1-17(2,3)19-16(23)21-10-8-20(9-11-21)15(22)12-24-14-6-4-13(18)5-7-14/h4-7H,8-12H2,1-3H3,(H,19,23). The van der Waals surface area contributed by atoms with Crippen molar-refractivity contribution in [3.8, 4) is 5.75 Å². The van der Waals surface area contributed by atoms with Crippen LogP contribution in [-0.4, -0.2) is 60.1 Å². The second-order valence-electron chi connectivity index (χ2n) is 6.79. The van der Waals surface area contributed by atoms with E-state index in [1.165, 1.54) is 24.3 Å².